The number of amides is 1. The van der Waals surface area contributed by atoms with Crippen molar-refractivity contribution >= 4 is 34.2 Å². The summed E-state index contributed by atoms with van der Waals surface area (Å²) in [5.74, 6) is -4.55. The predicted octanol–water partition coefficient (Wildman–Crippen LogP) is 5.08. The summed E-state index contributed by atoms with van der Waals surface area (Å²) in [7, 11) is 0. The van der Waals surface area contributed by atoms with Gasteiger partial charge in [0.15, 0.2) is 0 Å². The van der Waals surface area contributed by atoms with Gasteiger partial charge in [-0.05, 0) is 54.6 Å². The van der Waals surface area contributed by atoms with Gasteiger partial charge >= 0.3 is 6.18 Å². The molecule has 1 amide bonds. The maximum absolute atomic E-state index is 14.6. The van der Waals surface area contributed by atoms with E-state index in [1.807, 2.05) is 22.6 Å². The molecule has 1 aliphatic rings. The lowest BCUT2D eigenvalue weighted by atomic mass is 10.00. The van der Waals surface area contributed by atoms with Crippen LogP contribution < -0.4 is 5.32 Å². The van der Waals surface area contributed by atoms with Crippen LogP contribution in [-0.2, 0) is 22.2 Å². The van der Waals surface area contributed by atoms with E-state index < -0.39 is 52.4 Å². The van der Waals surface area contributed by atoms with Crippen molar-refractivity contribution in [3.05, 3.63) is 45.3 Å². The number of carbonyl (C=O) groups is 1. The number of nitrogens with one attached hydrogen (secondary N) is 1. The highest BCUT2D eigenvalue weighted by Crippen LogP contribution is 2.64. The Hall–Kier alpha value is -1.79. The van der Waals surface area contributed by atoms with Crippen LogP contribution in [0.15, 0.2) is 30.6 Å². The fraction of sp³-hybridized carbons (Fsp3) is 0.412. The zero-order valence-electron chi connectivity index (χ0n) is 14.5. The van der Waals surface area contributed by atoms with E-state index in [1.165, 1.54) is 24.7 Å². The lowest BCUT2D eigenvalue weighted by Gasteiger charge is -2.25. The van der Waals surface area contributed by atoms with Crippen LogP contribution in [0.2, 0.25) is 0 Å². The molecule has 2 aromatic rings. The predicted molar refractivity (Wildman–Crippen MR) is 96.7 cm³/mol. The van der Waals surface area contributed by atoms with Crippen LogP contribution in [0.5, 0.6) is 0 Å². The van der Waals surface area contributed by atoms with E-state index in [0.717, 1.165) is 9.64 Å². The quantitative estimate of drug-likeness (QED) is 0.454. The molecule has 3 rings (SSSR count). The second-order valence-electron chi connectivity index (χ2n) is 7.06. The molecular formula is C17H14F6IN3O. The Balaban J connectivity index is 1.99. The summed E-state index contributed by atoms with van der Waals surface area (Å²) in [4.78, 5) is 12.7. The van der Waals surface area contributed by atoms with Gasteiger partial charge < -0.3 is 5.32 Å². The van der Waals surface area contributed by atoms with Crippen molar-refractivity contribution < 1.29 is 31.1 Å². The molecule has 1 aliphatic carbocycles. The molecule has 4 nitrogen and oxygen atoms in total. The van der Waals surface area contributed by atoms with Crippen molar-refractivity contribution in [2.45, 2.75) is 43.6 Å². The number of aromatic nitrogens is 2. The van der Waals surface area contributed by atoms with Gasteiger partial charge in [0.2, 0.25) is 5.67 Å². The van der Waals surface area contributed by atoms with E-state index in [2.05, 4.69) is 10.4 Å². The molecule has 1 aromatic carbocycles. The zero-order chi connectivity index (χ0) is 21.1. The number of hydrogen-bond acceptors (Lipinski definition) is 2. The topological polar surface area (TPSA) is 46.9 Å². The number of anilines is 1. The van der Waals surface area contributed by atoms with Crippen molar-refractivity contribution in [3.63, 3.8) is 0 Å². The van der Waals surface area contributed by atoms with E-state index in [0.29, 0.717) is 12.1 Å². The molecule has 28 heavy (non-hydrogen) atoms. The van der Waals surface area contributed by atoms with Crippen molar-refractivity contribution in [1.82, 2.24) is 9.78 Å². The van der Waals surface area contributed by atoms with Gasteiger partial charge in [0.25, 0.3) is 11.8 Å². The lowest BCUT2D eigenvalue weighted by Crippen LogP contribution is -2.41. The van der Waals surface area contributed by atoms with Gasteiger partial charge in [-0.3, -0.25) is 9.48 Å². The van der Waals surface area contributed by atoms with Crippen LogP contribution >= 0.6 is 22.6 Å². The van der Waals surface area contributed by atoms with Crippen LogP contribution in [0.4, 0.5) is 32.0 Å². The Morgan fingerprint density at radius 2 is 1.86 bits per heavy atom. The summed E-state index contributed by atoms with van der Waals surface area (Å²) in [6, 6.07) is 1.71. The van der Waals surface area contributed by atoms with Crippen LogP contribution in [0.3, 0.4) is 0 Å². The molecule has 1 atom stereocenters. The molecule has 0 spiro atoms. The zero-order valence-corrected chi connectivity index (χ0v) is 16.7. The van der Waals surface area contributed by atoms with Crippen LogP contribution in [0.1, 0.15) is 31.4 Å². The highest BCUT2D eigenvalue weighted by molar-refractivity contribution is 14.1. The molecular weight excluding hydrogens is 503 g/mol. The standard InChI is InChI=1S/C17H14F6IN3O/c1-14(2,27-7-10(24)6-25-27)13(28)26-12-4-3-9(17(21,22)23)5-11(12)15(18)8-16(15,19)20/h3-7H,8H2,1-2H3,(H,26,28). The maximum Gasteiger partial charge on any atom is 0.416 e. The molecule has 0 aliphatic heterocycles. The molecule has 1 aromatic heterocycles. The number of nitrogens with zero attached hydrogens (tertiary/aromatic N) is 2. The molecule has 0 bridgehead atoms. The first kappa shape index (κ1) is 20.9. The molecule has 1 saturated carbocycles. The maximum atomic E-state index is 14.6. The van der Waals surface area contributed by atoms with E-state index in [-0.39, 0.29) is 0 Å². The number of hydrogen-bond donors (Lipinski definition) is 1. The summed E-state index contributed by atoms with van der Waals surface area (Å²) < 4.78 is 82.6. The summed E-state index contributed by atoms with van der Waals surface area (Å²) in [6.45, 7) is 2.96. The lowest BCUT2D eigenvalue weighted by molar-refractivity contribution is -0.137. The summed E-state index contributed by atoms with van der Waals surface area (Å²) >= 11 is 1.97. The van der Waals surface area contributed by atoms with Crippen LogP contribution in [-0.4, -0.2) is 21.6 Å². The summed E-state index contributed by atoms with van der Waals surface area (Å²) in [5, 5.41) is 6.29. The molecule has 11 heteroatoms. The minimum absolute atomic E-state index is 0.320. The van der Waals surface area contributed by atoms with E-state index in [1.54, 1.807) is 6.20 Å². The number of benzene rings is 1. The Bertz CT molecular complexity index is 939. The highest BCUT2D eigenvalue weighted by Gasteiger charge is 2.75. The van der Waals surface area contributed by atoms with E-state index in [9.17, 15) is 31.1 Å². The van der Waals surface area contributed by atoms with E-state index in [4.69, 9.17) is 0 Å². The second-order valence-corrected chi connectivity index (χ2v) is 8.30. The summed E-state index contributed by atoms with van der Waals surface area (Å²) in [5.41, 5.74) is -7.18. The van der Waals surface area contributed by atoms with Gasteiger partial charge in [0.1, 0.15) is 5.54 Å². The molecule has 1 heterocycles. The van der Waals surface area contributed by atoms with Crippen molar-refractivity contribution in [2.75, 3.05) is 5.32 Å². The first-order valence-corrected chi connectivity index (χ1v) is 9.07. The van der Waals surface area contributed by atoms with Crippen molar-refractivity contribution in [3.8, 4) is 0 Å². The fourth-order valence-corrected chi connectivity index (χ4v) is 3.09. The van der Waals surface area contributed by atoms with Crippen LogP contribution in [0.25, 0.3) is 0 Å². The van der Waals surface area contributed by atoms with Gasteiger partial charge in [-0.1, -0.05) is 0 Å². The SMILES string of the molecule is CC(C)(C(=O)Nc1ccc(C(F)(F)F)cc1C1(F)CC1(F)F)n1cc(I)cn1. The first-order valence-electron chi connectivity index (χ1n) is 7.99. The van der Waals surface area contributed by atoms with Crippen LogP contribution in [0, 0.1) is 3.57 Å². The normalized spacial score (nSPS) is 21.5. The Labute approximate surface area is 169 Å². The molecule has 1 fully saturated rings. The first-order chi connectivity index (χ1) is 12.7. The summed E-state index contributed by atoms with van der Waals surface area (Å²) in [6.07, 6.45) is -3.05. The van der Waals surface area contributed by atoms with Crippen molar-refractivity contribution in [2.24, 2.45) is 0 Å². The number of rotatable bonds is 4. The third-order valence-corrected chi connectivity index (χ3v) is 5.18. The molecule has 0 radical (unpaired) electrons. The average molecular weight is 517 g/mol. The van der Waals surface area contributed by atoms with Gasteiger partial charge in [-0.25, -0.2) is 13.2 Å². The minimum Gasteiger partial charge on any atom is -0.324 e. The Kier molecular flexibility index (Phi) is 4.75. The number of alkyl halides is 6. The Morgan fingerprint density at radius 1 is 1.25 bits per heavy atom. The average Bonchev–Trinajstić information content (AvgIpc) is 2.89. The van der Waals surface area contributed by atoms with Gasteiger partial charge in [0.05, 0.1) is 21.8 Å². The fourth-order valence-electron chi connectivity index (χ4n) is 2.70. The van der Waals surface area contributed by atoms with Gasteiger partial charge in [-0.2, -0.15) is 18.3 Å². The second kappa shape index (κ2) is 6.36. The Morgan fingerprint density at radius 3 is 2.32 bits per heavy atom. The molecule has 152 valence electrons. The third kappa shape index (κ3) is 3.48. The number of halogens is 7. The largest absolute Gasteiger partial charge is 0.416 e. The molecule has 1 unspecified atom stereocenters. The minimum atomic E-state index is -4.84. The monoisotopic (exact) mass is 517 g/mol. The van der Waals surface area contributed by atoms with Crippen molar-refractivity contribution in [1.29, 1.82) is 0 Å². The number of carbonyl (C=O) groups excluding carboxylic acids is 1. The molecule has 1 N–H and O–H groups in total. The van der Waals surface area contributed by atoms with E-state index >= 15 is 0 Å². The molecule has 0 saturated heterocycles. The third-order valence-electron chi connectivity index (χ3n) is 4.62. The van der Waals surface area contributed by atoms with Gasteiger partial charge in [-0.15, -0.1) is 0 Å². The van der Waals surface area contributed by atoms with Gasteiger partial charge in [0, 0.05) is 17.4 Å². The smallest absolute Gasteiger partial charge is 0.324 e. The highest BCUT2D eigenvalue weighted by atomic mass is 127.